The van der Waals surface area contributed by atoms with Crippen LogP contribution in [0.5, 0.6) is 5.75 Å². The molecule has 0 aliphatic carbocycles. The maximum atomic E-state index is 11.3. The molecule has 0 radical (unpaired) electrons. The molecule has 0 aliphatic rings. The molecule has 21 heavy (non-hydrogen) atoms. The zero-order valence-electron chi connectivity index (χ0n) is 12.7. The van der Waals surface area contributed by atoms with Gasteiger partial charge in [-0.1, -0.05) is 0 Å². The molecule has 2 rings (SSSR count). The largest absolute Gasteiger partial charge is 0.496 e. The van der Waals surface area contributed by atoms with Crippen LogP contribution in [0.3, 0.4) is 0 Å². The first-order chi connectivity index (χ1) is 9.87. The van der Waals surface area contributed by atoms with Crippen molar-refractivity contribution in [1.82, 2.24) is 0 Å². The molecule has 114 valence electrons. The average molecular weight is 292 g/mol. The minimum atomic E-state index is -0.690. The Kier molecular flexibility index (Phi) is 4.34. The number of hydrogen-bond donors (Lipinski definition) is 1. The molecule has 5 heteroatoms. The lowest BCUT2D eigenvalue weighted by Crippen LogP contribution is -2.39. The maximum absolute atomic E-state index is 11.3. The van der Waals surface area contributed by atoms with Crippen molar-refractivity contribution < 1.29 is 19.0 Å². The number of benzene rings is 1. The van der Waals surface area contributed by atoms with Gasteiger partial charge in [0.1, 0.15) is 11.3 Å². The molecule has 0 fully saturated rings. The summed E-state index contributed by atoms with van der Waals surface area (Å²) in [5.74, 6) is 0.572. The second-order valence-corrected chi connectivity index (χ2v) is 5.48. The number of hydrogen-bond acceptors (Lipinski definition) is 5. The fourth-order valence-corrected chi connectivity index (χ4v) is 2.08. The first-order valence-corrected chi connectivity index (χ1v) is 6.71. The number of ether oxygens (including phenoxy) is 2. The van der Waals surface area contributed by atoms with Gasteiger partial charge in [0.2, 0.25) is 0 Å². The molecule has 1 aromatic heterocycles. The number of fused-ring (bicyclic) bond motifs is 1. The van der Waals surface area contributed by atoms with Crippen LogP contribution in [-0.4, -0.2) is 31.0 Å². The SMILES string of the molecule is COc1cc2oc(=O)ccc2cc1C[C@H](O)C(C)(C)OC. The third-order valence-corrected chi connectivity index (χ3v) is 3.76. The van der Waals surface area contributed by atoms with Crippen LogP contribution in [-0.2, 0) is 11.2 Å². The monoisotopic (exact) mass is 292 g/mol. The Labute approximate surface area is 123 Å². The third-order valence-electron chi connectivity index (χ3n) is 3.76. The summed E-state index contributed by atoms with van der Waals surface area (Å²) in [5, 5.41) is 11.1. The number of methoxy groups -OCH3 is 2. The van der Waals surface area contributed by atoms with Gasteiger partial charge in [-0.2, -0.15) is 0 Å². The average Bonchev–Trinajstić information content (AvgIpc) is 2.46. The molecule has 0 spiro atoms. The quantitative estimate of drug-likeness (QED) is 0.855. The van der Waals surface area contributed by atoms with E-state index in [0.29, 0.717) is 17.8 Å². The lowest BCUT2D eigenvalue weighted by molar-refractivity contribution is -0.0766. The van der Waals surface area contributed by atoms with Gasteiger partial charge in [0.05, 0.1) is 18.8 Å². The number of aliphatic hydroxyl groups excluding tert-OH is 1. The Hall–Kier alpha value is -1.85. The van der Waals surface area contributed by atoms with Gasteiger partial charge < -0.3 is 19.0 Å². The smallest absolute Gasteiger partial charge is 0.336 e. The molecule has 0 bridgehead atoms. The van der Waals surface area contributed by atoms with Crippen molar-refractivity contribution in [2.24, 2.45) is 0 Å². The van der Waals surface area contributed by atoms with Gasteiger partial charge >= 0.3 is 5.63 Å². The van der Waals surface area contributed by atoms with E-state index in [2.05, 4.69) is 0 Å². The van der Waals surface area contributed by atoms with Crippen molar-refractivity contribution in [3.05, 3.63) is 40.2 Å². The van der Waals surface area contributed by atoms with Crippen molar-refractivity contribution in [2.45, 2.75) is 32.0 Å². The lowest BCUT2D eigenvalue weighted by atomic mass is 9.94. The van der Waals surface area contributed by atoms with Crippen molar-refractivity contribution in [2.75, 3.05) is 14.2 Å². The summed E-state index contributed by atoms with van der Waals surface area (Å²) in [6.07, 6.45) is -0.316. The molecule has 0 amide bonds. The first kappa shape index (κ1) is 15.5. The van der Waals surface area contributed by atoms with Gasteiger partial charge in [0.25, 0.3) is 0 Å². The van der Waals surface area contributed by atoms with E-state index in [1.807, 2.05) is 19.9 Å². The van der Waals surface area contributed by atoms with E-state index in [0.717, 1.165) is 10.9 Å². The lowest BCUT2D eigenvalue weighted by Gasteiger charge is -2.29. The van der Waals surface area contributed by atoms with E-state index in [4.69, 9.17) is 13.9 Å². The Morgan fingerprint density at radius 1 is 1.29 bits per heavy atom. The van der Waals surface area contributed by atoms with Crippen LogP contribution in [0.1, 0.15) is 19.4 Å². The molecule has 0 saturated carbocycles. The van der Waals surface area contributed by atoms with Gasteiger partial charge in [0.15, 0.2) is 0 Å². The van der Waals surface area contributed by atoms with Crippen LogP contribution in [0.15, 0.2) is 33.5 Å². The Balaban J connectivity index is 2.43. The molecular weight excluding hydrogens is 272 g/mol. The van der Waals surface area contributed by atoms with E-state index >= 15 is 0 Å². The highest BCUT2D eigenvalue weighted by molar-refractivity contribution is 5.79. The van der Waals surface area contributed by atoms with Crippen LogP contribution >= 0.6 is 0 Å². The standard InChI is InChI=1S/C16H20O5/c1-16(2,20-4)14(17)8-11-7-10-5-6-15(18)21-13(10)9-12(11)19-3/h5-7,9,14,17H,8H2,1-4H3/t14-/m0/s1. The fourth-order valence-electron chi connectivity index (χ4n) is 2.08. The molecule has 2 aromatic rings. The number of aliphatic hydroxyl groups is 1. The molecule has 1 heterocycles. The highest BCUT2D eigenvalue weighted by Gasteiger charge is 2.28. The molecule has 0 saturated heterocycles. The topological polar surface area (TPSA) is 68.9 Å². The van der Waals surface area contributed by atoms with Gasteiger partial charge in [-0.15, -0.1) is 0 Å². The van der Waals surface area contributed by atoms with Crippen molar-refractivity contribution in [3.8, 4) is 5.75 Å². The molecule has 0 aliphatic heterocycles. The van der Waals surface area contributed by atoms with E-state index in [9.17, 15) is 9.90 Å². The second-order valence-electron chi connectivity index (χ2n) is 5.48. The molecular formula is C16H20O5. The van der Waals surface area contributed by atoms with Crippen LogP contribution in [0, 0.1) is 0 Å². The minimum absolute atomic E-state index is 0.374. The van der Waals surface area contributed by atoms with Gasteiger partial charge in [-0.3, -0.25) is 0 Å². The zero-order valence-corrected chi connectivity index (χ0v) is 12.7. The highest BCUT2D eigenvalue weighted by atomic mass is 16.5. The van der Waals surface area contributed by atoms with Crippen molar-refractivity contribution in [1.29, 1.82) is 0 Å². The maximum Gasteiger partial charge on any atom is 0.336 e. The van der Waals surface area contributed by atoms with Gasteiger partial charge in [-0.05, 0) is 31.5 Å². The van der Waals surface area contributed by atoms with Crippen LogP contribution in [0.2, 0.25) is 0 Å². The summed E-state index contributed by atoms with van der Waals surface area (Å²) in [5.41, 5.74) is 0.223. The Bertz CT molecular complexity index is 687. The van der Waals surface area contributed by atoms with E-state index < -0.39 is 17.3 Å². The van der Waals surface area contributed by atoms with E-state index in [-0.39, 0.29) is 0 Å². The second kappa shape index (κ2) is 5.87. The molecule has 0 unspecified atom stereocenters. The van der Waals surface area contributed by atoms with Gasteiger partial charge in [-0.25, -0.2) is 4.79 Å². The Morgan fingerprint density at radius 2 is 2.00 bits per heavy atom. The van der Waals surface area contributed by atoms with Crippen molar-refractivity contribution in [3.63, 3.8) is 0 Å². The van der Waals surface area contributed by atoms with Crippen LogP contribution in [0.25, 0.3) is 11.0 Å². The normalized spacial score (nSPS) is 13.4. The zero-order chi connectivity index (χ0) is 15.6. The fraction of sp³-hybridized carbons (Fsp3) is 0.438. The summed E-state index contributed by atoms with van der Waals surface area (Å²) in [6, 6.07) is 6.58. The molecule has 1 N–H and O–H groups in total. The Morgan fingerprint density at radius 3 is 2.62 bits per heavy atom. The third kappa shape index (κ3) is 3.25. The predicted octanol–water partition coefficient (Wildman–Crippen LogP) is 2.13. The highest BCUT2D eigenvalue weighted by Crippen LogP contribution is 2.28. The van der Waals surface area contributed by atoms with Crippen molar-refractivity contribution >= 4 is 11.0 Å². The summed E-state index contributed by atoms with van der Waals surface area (Å²) >= 11 is 0. The summed E-state index contributed by atoms with van der Waals surface area (Å²) in [4.78, 5) is 11.3. The van der Waals surface area contributed by atoms with Crippen LogP contribution < -0.4 is 10.4 Å². The summed E-state index contributed by atoms with van der Waals surface area (Å²) < 4.78 is 15.8. The van der Waals surface area contributed by atoms with Crippen LogP contribution in [0.4, 0.5) is 0 Å². The van der Waals surface area contributed by atoms with Gasteiger partial charge in [0, 0.05) is 31.0 Å². The number of rotatable bonds is 5. The summed E-state index contributed by atoms with van der Waals surface area (Å²) in [7, 11) is 3.11. The minimum Gasteiger partial charge on any atom is -0.496 e. The molecule has 1 atom stereocenters. The van der Waals surface area contributed by atoms with E-state index in [1.165, 1.54) is 6.07 Å². The summed E-state index contributed by atoms with van der Waals surface area (Å²) in [6.45, 7) is 3.65. The predicted molar refractivity (Wildman–Crippen MR) is 79.8 cm³/mol. The molecule has 1 aromatic carbocycles. The first-order valence-electron chi connectivity index (χ1n) is 6.71. The van der Waals surface area contributed by atoms with E-state index in [1.54, 1.807) is 26.4 Å². The molecule has 5 nitrogen and oxygen atoms in total.